The molecule has 0 radical (unpaired) electrons. The maximum Gasteiger partial charge on any atom is 0.231 e. The first kappa shape index (κ1) is 24.0. The van der Waals surface area contributed by atoms with Gasteiger partial charge in [-0.3, -0.25) is 4.57 Å². The van der Waals surface area contributed by atoms with E-state index in [1.54, 1.807) is 34.4 Å². The number of benzene rings is 2. The number of thiophene rings is 1. The van der Waals surface area contributed by atoms with Gasteiger partial charge in [0.25, 0.3) is 0 Å². The second kappa shape index (κ2) is 10.2. The standard InChI is InChI=1S/C28H24N4O2S3/c1-4-11-32-26(22-15-35-18(3)25(22)19-7-5-17(2)6-8-19)30-31-28(32)37-14-21-13-36-27(29-21)20-9-10-23-24(12-20)34-16-33-23/h4-10,12-13,15H,1,11,14,16H2,2-3H3. The average Bonchev–Trinajstić information content (AvgIpc) is 3.70. The molecule has 6 rings (SSSR count). The minimum atomic E-state index is 0.267. The maximum absolute atomic E-state index is 5.52. The Kier molecular flexibility index (Phi) is 6.58. The monoisotopic (exact) mass is 544 g/mol. The molecule has 37 heavy (non-hydrogen) atoms. The van der Waals surface area contributed by atoms with Crippen LogP contribution in [0, 0.1) is 13.8 Å². The highest BCUT2D eigenvalue weighted by Crippen LogP contribution is 2.40. The summed E-state index contributed by atoms with van der Waals surface area (Å²) in [6.07, 6.45) is 1.89. The number of aromatic nitrogens is 4. The Morgan fingerprint density at radius 1 is 1.00 bits per heavy atom. The molecule has 2 aromatic carbocycles. The highest BCUT2D eigenvalue weighted by atomic mass is 32.2. The minimum Gasteiger partial charge on any atom is -0.454 e. The lowest BCUT2D eigenvalue weighted by molar-refractivity contribution is 0.174. The van der Waals surface area contributed by atoms with Gasteiger partial charge in [-0.2, -0.15) is 0 Å². The summed E-state index contributed by atoms with van der Waals surface area (Å²) in [5, 5.41) is 15.3. The molecule has 1 aliphatic rings. The first-order valence-corrected chi connectivity index (χ1v) is 14.5. The first-order chi connectivity index (χ1) is 18.1. The highest BCUT2D eigenvalue weighted by Gasteiger charge is 2.21. The molecule has 6 nitrogen and oxygen atoms in total. The molecule has 0 spiro atoms. The van der Waals surface area contributed by atoms with Crippen LogP contribution in [0.5, 0.6) is 11.5 Å². The highest BCUT2D eigenvalue weighted by molar-refractivity contribution is 7.98. The van der Waals surface area contributed by atoms with E-state index >= 15 is 0 Å². The summed E-state index contributed by atoms with van der Waals surface area (Å²) in [4.78, 5) is 6.11. The molecule has 3 aromatic heterocycles. The van der Waals surface area contributed by atoms with Crippen LogP contribution in [-0.2, 0) is 12.3 Å². The van der Waals surface area contributed by atoms with Crippen LogP contribution in [0.3, 0.4) is 0 Å². The molecule has 0 amide bonds. The molecule has 0 unspecified atom stereocenters. The number of allylic oxidation sites excluding steroid dienone is 1. The fraction of sp³-hybridized carbons (Fsp3) is 0.179. The van der Waals surface area contributed by atoms with Gasteiger partial charge in [0.15, 0.2) is 22.5 Å². The first-order valence-electron chi connectivity index (χ1n) is 11.8. The number of nitrogens with zero attached hydrogens (tertiary/aromatic N) is 4. The molecular formula is C28H24N4O2S3. The van der Waals surface area contributed by atoms with Gasteiger partial charge >= 0.3 is 0 Å². The van der Waals surface area contributed by atoms with E-state index in [9.17, 15) is 0 Å². The Hall–Kier alpha value is -3.40. The summed E-state index contributed by atoms with van der Waals surface area (Å²) in [7, 11) is 0. The Morgan fingerprint density at radius 2 is 1.81 bits per heavy atom. The Labute approximate surface area is 227 Å². The van der Waals surface area contributed by atoms with Gasteiger partial charge in [0.2, 0.25) is 6.79 Å². The number of hydrogen-bond acceptors (Lipinski definition) is 8. The van der Waals surface area contributed by atoms with E-state index < -0.39 is 0 Å². The Balaban J connectivity index is 1.25. The van der Waals surface area contributed by atoms with Gasteiger partial charge in [-0.15, -0.1) is 39.4 Å². The summed E-state index contributed by atoms with van der Waals surface area (Å²) in [6.45, 7) is 9.14. The number of rotatable bonds is 8. The molecule has 0 aliphatic carbocycles. The zero-order valence-electron chi connectivity index (χ0n) is 20.4. The van der Waals surface area contributed by atoms with Crippen molar-refractivity contribution in [2.24, 2.45) is 0 Å². The fourth-order valence-electron chi connectivity index (χ4n) is 4.26. The van der Waals surface area contributed by atoms with Crippen LogP contribution < -0.4 is 9.47 Å². The SMILES string of the molecule is C=CCn1c(SCc2csc(-c3ccc4c(c3)OCO4)n2)nnc1-c1csc(C)c1-c1ccc(C)cc1. The van der Waals surface area contributed by atoms with Crippen molar-refractivity contribution in [3.8, 4) is 44.6 Å². The summed E-state index contributed by atoms with van der Waals surface area (Å²) in [6, 6.07) is 14.6. The van der Waals surface area contributed by atoms with Crippen LogP contribution >= 0.6 is 34.4 Å². The van der Waals surface area contributed by atoms with Crippen molar-refractivity contribution < 1.29 is 9.47 Å². The fourth-order valence-corrected chi connectivity index (χ4v) is 6.89. The molecule has 9 heteroatoms. The van der Waals surface area contributed by atoms with Crippen molar-refractivity contribution >= 4 is 34.4 Å². The normalized spacial score (nSPS) is 12.3. The third kappa shape index (κ3) is 4.70. The molecule has 0 saturated carbocycles. The predicted octanol–water partition coefficient (Wildman–Crippen LogP) is 7.62. The van der Waals surface area contributed by atoms with Gasteiger partial charge < -0.3 is 9.47 Å². The van der Waals surface area contributed by atoms with Gasteiger partial charge in [-0.25, -0.2) is 4.98 Å². The van der Waals surface area contributed by atoms with E-state index in [1.165, 1.54) is 21.6 Å². The van der Waals surface area contributed by atoms with Gasteiger partial charge in [-0.05, 0) is 37.6 Å². The van der Waals surface area contributed by atoms with Crippen molar-refractivity contribution in [2.45, 2.75) is 31.3 Å². The van der Waals surface area contributed by atoms with E-state index in [0.29, 0.717) is 12.3 Å². The number of hydrogen-bond donors (Lipinski definition) is 0. The number of ether oxygens (including phenoxy) is 2. The molecule has 0 bridgehead atoms. The zero-order chi connectivity index (χ0) is 25.4. The van der Waals surface area contributed by atoms with Gasteiger partial charge in [0.05, 0.1) is 5.69 Å². The second-order valence-electron chi connectivity index (χ2n) is 8.65. The quantitative estimate of drug-likeness (QED) is 0.148. The third-order valence-electron chi connectivity index (χ3n) is 6.11. The van der Waals surface area contributed by atoms with Gasteiger partial charge in [0, 0.05) is 44.6 Å². The van der Waals surface area contributed by atoms with E-state index in [1.807, 2.05) is 24.3 Å². The molecule has 0 saturated heterocycles. The van der Waals surface area contributed by atoms with Crippen LogP contribution in [0.2, 0.25) is 0 Å². The number of thiazole rings is 1. The molecule has 0 fully saturated rings. The molecule has 0 atom stereocenters. The Morgan fingerprint density at radius 3 is 2.65 bits per heavy atom. The van der Waals surface area contributed by atoms with E-state index in [-0.39, 0.29) is 6.79 Å². The zero-order valence-corrected chi connectivity index (χ0v) is 22.9. The molecule has 186 valence electrons. The van der Waals surface area contributed by atoms with Crippen molar-refractivity contribution in [1.82, 2.24) is 19.7 Å². The van der Waals surface area contributed by atoms with Crippen LogP contribution in [0.15, 0.2) is 71.0 Å². The minimum absolute atomic E-state index is 0.267. The second-order valence-corrected chi connectivity index (χ2v) is 11.5. The van der Waals surface area contributed by atoms with Crippen molar-refractivity contribution in [3.05, 3.63) is 82.0 Å². The van der Waals surface area contributed by atoms with E-state index in [4.69, 9.17) is 14.5 Å². The number of thioether (sulfide) groups is 1. The summed E-state index contributed by atoms with van der Waals surface area (Å²) >= 11 is 5.00. The van der Waals surface area contributed by atoms with E-state index in [0.717, 1.165) is 44.3 Å². The van der Waals surface area contributed by atoms with Crippen molar-refractivity contribution in [1.29, 1.82) is 0 Å². The Bertz CT molecular complexity index is 1580. The van der Waals surface area contributed by atoms with Crippen LogP contribution in [0.4, 0.5) is 0 Å². The molecule has 5 aromatic rings. The summed E-state index contributed by atoms with van der Waals surface area (Å²) in [5.74, 6) is 3.10. The summed E-state index contributed by atoms with van der Waals surface area (Å²) < 4.78 is 13.1. The largest absolute Gasteiger partial charge is 0.454 e. The van der Waals surface area contributed by atoms with Crippen molar-refractivity contribution in [3.63, 3.8) is 0 Å². The molecule has 0 N–H and O–H groups in total. The molecule has 1 aliphatic heterocycles. The van der Waals surface area contributed by atoms with Crippen LogP contribution in [-0.4, -0.2) is 26.5 Å². The topological polar surface area (TPSA) is 62.1 Å². The van der Waals surface area contributed by atoms with E-state index in [2.05, 4.69) is 70.2 Å². The smallest absolute Gasteiger partial charge is 0.231 e. The number of aryl methyl sites for hydroxylation is 2. The van der Waals surface area contributed by atoms with Crippen LogP contribution in [0.1, 0.15) is 16.1 Å². The van der Waals surface area contributed by atoms with Crippen molar-refractivity contribution in [2.75, 3.05) is 6.79 Å². The lowest BCUT2D eigenvalue weighted by atomic mass is 10.0. The number of fused-ring (bicyclic) bond motifs is 1. The van der Waals surface area contributed by atoms with Crippen LogP contribution in [0.25, 0.3) is 33.1 Å². The lowest BCUT2D eigenvalue weighted by Crippen LogP contribution is -2.01. The van der Waals surface area contributed by atoms with Gasteiger partial charge in [-0.1, -0.05) is 47.7 Å². The maximum atomic E-state index is 5.52. The third-order valence-corrected chi connectivity index (χ3v) is 8.96. The lowest BCUT2D eigenvalue weighted by Gasteiger charge is -2.10. The molecular weight excluding hydrogens is 521 g/mol. The predicted molar refractivity (Wildman–Crippen MR) is 152 cm³/mol. The van der Waals surface area contributed by atoms with Gasteiger partial charge in [0.1, 0.15) is 5.01 Å². The average molecular weight is 545 g/mol. The molecule has 4 heterocycles. The summed E-state index contributed by atoms with van der Waals surface area (Å²) in [5.41, 5.74) is 6.79.